The van der Waals surface area contributed by atoms with Crippen LogP contribution in [0.3, 0.4) is 0 Å². The zero-order valence-corrected chi connectivity index (χ0v) is 16.0. The van der Waals surface area contributed by atoms with Crippen molar-refractivity contribution in [1.29, 1.82) is 5.26 Å². The number of nitrogens with zero attached hydrogens (tertiary/aromatic N) is 2. The van der Waals surface area contributed by atoms with E-state index in [1.165, 1.54) is 0 Å². The van der Waals surface area contributed by atoms with E-state index in [0.717, 1.165) is 29.9 Å². The minimum absolute atomic E-state index is 0.0118. The SMILES string of the molecule is CCCn1c(C)cc(/C=C(/C#N)C(=O)NC2(C)CCS(=O)(=O)C2)c1C. The van der Waals surface area contributed by atoms with Crippen molar-refractivity contribution in [3.05, 3.63) is 28.6 Å². The summed E-state index contributed by atoms with van der Waals surface area (Å²) in [5, 5.41) is 12.1. The second-order valence-electron chi connectivity index (χ2n) is 7.00. The number of hydrogen-bond donors (Lipinski definition) is 1. The molecule has 1 atom stereocenters. The molecule has 0 aliphatic carbocycles. The molecule has 1 aliphatic heterocycles. The van der Waals surface area contributed by atoms with Gasteiger partial charge in [-0.25, -0.2) is 8.42 Å². The van der Waals surface area contributed by atoms with Crippen LogP contribution in [0.1, 0.15) is 43.6 Å². The van der Waals surface area contributed by atoms with Crippen molar-refractivity contribution in [2.24, 2.45) is 0 Å². The molecule has 0 aromatic carbocycles. The minimum Gasteiger partial charge on any atom is -0.349 e. The van der Waals surface area contributed by atoms with Gasteiger partial charge in [-0.3, -0.25) is 4.79 Å². The van der Waals surface area contributed by atoms with E-state index in [2.05, 4.69) is 16.8 Å². The Hall–Kier alpha value is -2.07. The van der Waals surface area contributed by atoms with Crippen LogP contribution in [0, 0.1) is 25.2 Å². The van der Waals surface area contributed by atoms with Gasteiger partial charge in [0.1, 0.15) is 11.6 Å². The molecule has 1 amide bonds. The van der Waals surface area contributed by atoms with Crippen molar-refractivity contribution in [3.8, 4) is 6.07 Å². The number of nitriles is 1. The maximum absolute atomic E-state index is 12.5. The molecule has 1 unspecified atom stereocenters. The molecule has 1 saturated heterocycles. The van der Waals surface area contributed by atoms with Gasteiger partial charge in [0.25, 0.3) is 5.91 Å². The Kier molecular flexibility index (Phi) is 5.43. The summed E-state index contributed by atoms with van der Waals surface area (Å²) in [6, 6.07) is 3.90. The summed E-state index contributed by atoms with van der Waals surface area (Å²) >= 11 is 0. The van der Waals surface area contributed by atoms with Crippen LogP contribution in [-0.2, 0) is 21.2 Å². The predicted molar refractivity (Wildman–Crippen MR) is 97.6 cm³/mol. The lowest BCUT2D eigenvalue weighted by molar-refractivity contribution is -0.118. The molecule has 6 nitrogen and oxygen atoms in total. The third-order valence-electron chi connectivity index (χ3n) is 4.64. The summed E-state index contributed by atoms with van der Waals surface area (Å²) in [5.41, 5.74) is 2.10. The molecule has 7 heteroatoms. The maximum Gasteiger partial charge on any atom is 0.262 e. The third kappa shape index (κ3) is 4.31. The second kappa shape index (κ2) is 7.04. The molecule has 1 aliphatic rings. The van der Waals surface area contributed by atoms with Crippen LogP contribution < -0.4 is 5.32 Å². The van der Waals surface area contributed by atoms with E-state index in [1.807, 2.05) is 26.0 Å². The van der Waals surface area contributed by atoms with Gasteiger partial charge < -0.3 is 9.88 Å². The largest absolute Gasteiger partial charge is 0.349 e. The molecule has 136 valence electrons. The predicted octanol–water partition coefficient (Wildman–Crippen LogP) is 2.12. The average Bonchev–Trinajstić information content (AvgIpc) is 2.94. The fraction of sp³-hybridized carbons (Fsp3) is 0.556. The number of hydrogen-bond acceptors (Lipinski definition) is 4. The highest BCUT2D eigenvalue weighted by Crippen LogP contribution is 2.24. The number of aromatic nitrogens is 1. The second-order valence-corrected chi connectivity index (χ2v) is 9.19. The van der Waals surface area contributed by atoms with E-state index in [1.54, 1.807) is 13.0 Å². The lowest BCUT2D eigenvalue weighted by atomic mass is 10.0. The standard InChI is InChI=1S/C18H25N3O3S/c1-5-7-21-13(2)9-15(14(21)3)10-16(11-19)17(22)20-18(4)6-8-25(23,24)12-18/h9-10H,5-8,12H2,1-4H3,(H,20,22)/b16-10-. The fourth-order valence-corrected chi connectivity index (χ4v) is 5.39. The smallest absolute Gasteiger partial charge is 0.262 e. The van der Waals surface area contributed by atoms with Gasteiger partial charge in [0.05, 0.1) is 17.0 Å². The maximum atomic E-state index is 12.5. The molecule has 0 saturated carbocycles. The van der Waals surface area contributed by atoms with Crippen LogP contribution in [-0.4, -0.2) is 35.9 Å². The molecule has 25 heavy (non-hydrogen) atoms. The van der Waals surface area contributed by atoms with Crippen LogP contribution >= 0.6 is 0 Å². The van der Waals surface area contributed by atoms with Crippen molar-refractivity contribution in [2.75, 3.05) is 11.5 Å². The number of carbonyl (C=O) groups is 1. The summed E-state index contributed by atoms with van der Waals surface area (Å²) < 4.78 is 25.5. The number of rotatable bonds is 5. The molecule has 1 fully saturated rings. The molecular formula is C18H25N3O3S. The number of sulfone groups is 1. The summed E-state index contributed by atoms with van der Waals surface area (Å²) in [7, 11) is -3.13. The highest BCUT2D eigenvalue weighted by atomic mass is 32.2. The molecular weight excluding hydrogens is 338 g/mol. The van der Waals surface area contributed by atoms with Crippen LogP contribution in [0.25, 0.3) is 6.08 Å². The Balaban J connectivity index is 2.25. The quantitative estimate of drug-likeness (QED) is 0.641. The van der Waals surface area contributed by atoms with Crippen molar-refractivity contribution in [1.82, 2.24) is 9.88 Å². The molecule has 0 radical (unpaired) electrons. The topological polar surface area (TPSA) is 92.0 Å². The van der Waals surface area contributed by atoms with E-state index in [4.69, 9.17) is 0 Å². The highest BCUT2D eigenvalue weighted by molar-refractivity contribution is 7.91. The van der Waals surface area contributed by atoms with E-state index >= 15 is 0 Å². The van der Waals surface area contributed by atoms with Crippen LogP contribution in [0.15, 0.2) is 11.6 Å². The highest BCUT2D eigenvalue weighted by Gasteiger charge is 2.39. The first-order valence-corrected chi connectivity index (χ1v) is 10.2. The first-order valence-electron chi connectivity index (χ1n) is 8.42. The Labute approximate surface area is 149 Å². The summed E-state index contributed by atoms with van der Waals surface area (Å²) in [6.07, 6.45) is 2.94. The first kappa shape index (κ1) is 19.3. The molecule has 2 rings (SSSR count). The van der Waals surface area contributed by atoms with Gasteiger partial charge in [-0.15, -0.1) is 0 Å². The fourth-order valence-electron chi connectivity index (χ4n) is 3.30. The Morgan fingerprint density at radius 1 is 1.48 bits per heavy atom. The van der Waals surface area contributed by atoms with Gasteiger partial charge >= 0.3 is 0 Å². The zero-order chi connectivity index (χ0) is 18.8. The molecule has 1 aromatic heterocycles. The van der Waals surface area contributed by atoms with Crippen LogP contribution in [0.4, 0.5) is 0 Å². The van der Waals surface area contributed by atoms with Gasteiger partial charge in [-0.2, -0.15) is 5.26 Å². The van der Waals surface area contributed by atoms with Gasteiger partial charge in [0.15, 0.2) is 9.84 Å². The average molecular weight is 363 g/mol. The minimum atomic E-state index is -3.13. The van der Waals surface area contributed by atoms with E-state index in [-0.39, 0.29) is 17.1 Å². The van der Waals surface area contributed by atoms with Gasteiger partial charge in [0, 0.05) is 17.9 Å². The number of amides is 1. The van der Waals surface area contributed by atoms with Crippen molar-refractivity contribution in [3.63, 3.8) is 0 Å². The zero-order valence-electron chi connectivity index (χ0n) is 15.2. The Morgan fingerprint density at radius 3 is 2.68 bits per heavy atom. The van der Waals surface area contributed by atoms with Crippen LogP contribution in [0.5, 0.6) is 0 Å². The normalized spacial score (nSPS) is 22.6. The van der Waals surface area contributed by atoms with E-state index in [0.29, 0.717) is 6.42 Å². The summed E-state index contributed by atoms with van der Waals surface area (Å²) in [6.45, 7) is 8.65. The van der Waals surface area contributed by atoms with Crippen molar-refractivity contribution >= 4 is 21.8 Å². The molecule has 2 heterocycles. The lowest BCUT2D eigenvalue weighted by Crippen LogP contribution is -2.47. The van der Waals surface area contributed by atoms with Crippen molar-refractivity contribution < 1.29 is 13.2 Å². The van der Waals surface area contributed by atoms with Crippen LogP contribution in [0.2, 0.25) is 0 Å². The Bertz CT molecular complexity index is 859. The monoisotopic (exact) mass is 363 g/mol. The molecule has 0 spiro atoms. The molecule has 1 aromatic rings. The molecule has 0 bridgehead atoms. The molecule has 1 N–H and O–H groups in total. The van der Waals surface area contributed by atoms with Gasteiger partial charge in [-0.1, -0.05) is 6.92 Å². The summed E-state index contributed by atoms with van der Waals surface area (Å²) in [5.74, 6) is -0.550. The Morgan fingerprint density at radius 2 is 2.16 bits per heavy atom. The number of carbonyl (C=O) groups excluding carboxylic acids is 1. The van der Waals surface area contributed by atoms with Gasteiger partial charge in [0.2, 0.25) is 0 Å². The third-order valence-corrected chi connectivity index (χ3v) is 6.55. The van der Waals surface area contributed by atoms with Gasteiger partial charge in [-0.05, 0) is 51.3 Å². The number of nitrogens with one attached hydrogen (secondary N) is 1. The number of aryl methyl sites for hydroxylation is 1. The first-order chi connectivity index (χ1) is 11.6. The van der Waals surface area contributed by atoms with E-state index in [9.17, 15) is 18.5 Å². The lowest BCUT2D eigenvalue weighted by Gasteiger charge is -2.23. The van der Waals surface area contributed by atoms with E-state index < -0.39 is 21.3 Å². The van der Waals surface area contributed by atoms with Crippen molar-refractivity contribution in [2.45, 2.75) is 52.6 Å². The summed E-state index contributed by atoms with van der Waals surface area (Å²) in [4.78, 5) is 12.5.